The fourth-order valence-corrected chi connectivity index (χ4v) is 2.73. The zero-order valence-corrected chi connectivity index (χ0v) is 13.4. The molecule has 0 aliphatic carbocycles. The summed E-state index contributed by atoms with van der Waals surface area (Å²) in [4.78, 5) is 12.1. The first-order valence-corrected chi connectivity index (χ1v) is 7.74. The van der Waals surface area contributed by atoms with E-state index in [1.54, 1.807) is 30.5 Å². The summed E-state index contributed by atoms with van der Waals surface area (Å²) in [7, 11) is 0. The van der Waals surface area contributed by atoms with Gasteiger partial charge in [-0.3, -0.25) is 4.79 Å². The summed E-state index contributed by atoms with van der Waals surface area (Å²) < 4.78 is 2.15. The highest BCUT2D eigenvalue weighted by molar-refractivity contribution is 6.33. The Balaban J connectivity index is 1.81. The van der Waals surface area contributed by atoms with Crippen molar-refractivity contribution in [1.29, 1.82) is 0 Å². The van der Waals surface area contributed by atoms with Crippen LogP contribution in [0.2, 0.25) is 5.02 Å². The minimum absolute atomic E-state index is 0.328. The Morgan fingerprint density at radius 2 is 1.96 bits per heavy atom. The van der Waals surface area contributed by atoms with Crippen LogP contribution in [-0.4, -0.2) is 16.7 Å². The molecule has 1 amide bonds. The van der Waals surface area contributed by atoms with Crippen LogP contribution in [0.15, 0.2) is 59.8 Å². The van der Waals surface area contributed by atoms with Crippen LogP contribution in [0.25, 0.3) is 10.9 Å². The molecule has 0 spiro atoms. The van der Waals surface area contributed by atoms with Gasteiger partial charge in [0.2, 0.25) is 0 Å². The summed E-state index contributed by atoms with van der Waals surface area (Å²) >= 11 is 6.00. The molecule has 3 rings (SSSR count). The Labute approximate surface area is 139 Å². The summed E-state index contributed by atoms with van der Waals surface area (Å²) in [5, 5.41) is 5.57. The molecule has 23 heavy (non-hydrogen) atoms. The lowest BCUT2D eigenvalue weighted by Crippen LogP contribution is -2.17. The number of carbonyl (C=O) groups excluding carboxylic acids is 1. The van der Waals surface area contributed by atoms with Gasteiger partial charge in [-0.25, -0.2) is 5.43 Å². The predicted octanol–water partition coefficient (Wildman–Crippen LogP) is 4.08. The molecule has 1 aromatic heterocycles. The van der Waals surface area contributed by atoms with E-state index in [1.165, 1.54) is 0 Å². The molecule has 4 nitrogen and oxygen atoms in total. The molecular formula is C18H16ClN3O. The second kappa shape index (κ2) is 6.67. The van der Waals surface area contributed by atoms with Crippen LogP contribution in [0.1, 0.15) is 22.8 Å². The number of hydrogen-bond donors (Lipinski definition) is 1. The molecule has 0 unspecified atom stereocenters. The minimum atomic E-state index is -0.328. The van der Waals surface area contributed by atoms with Crippen LogP contribution in [0.5, 0.6) is 0 Å². The summed E-state index contributed by atoms with van der Waals surface area (Å²) in [6.45, 7) is 2.97. The third kappa shape index (κ3) is 3.12. The van der Waals surface area contributed by atoms with Crippen molar-refractivity contribution in [2.45, 2.75) is 13.5 Å². The number of benzene rings is 2. The van der Waals surface area contributed by atoms with Crippen LogP contribution in [0, 0.1) is 0 Å². The molecule has 0 saturated carbocycles. The Morgan fingerprint density at radius 3 is 2.74 bits per heavy atom. The smallest absolute Gasteiger partial charge is 0.272 e. The van der Waals surface area contributed by atoms with Crippen molar-refractivity contribution in [1.82, 2.24) is 9.99 Å². The van der Waals surface area contributed by atoms with Gasteiger partial charge in [-0.2, -0.15) is 5.10 Å². The van der Waals surface area contributed by atoms with Crippen molar-refractivity contribution in [2.24, 2.45) is 5.10 Å². The Kier molecular flexibility index (Phi) is 4.44. The zero-order chi connectivity index (χ0) is 16.2. The lowest BCUT2D eigenvalue weighted by Gasteiger charge is -2.01. The van der Waals surface area contributed by atoms with E-state index in [0.717, 1.165) is 23.0 Å². The number of aromatic nitrogens is 1. The van der Waals surface area contributed by atoms with E-state index in [1.807, 2.05) is 24.4 Å². The van der Waals surface area contributed by atoms with E-state index in [-0.39, 0.29) is 5.91 Å². The number of carbonyl (C=O) groups is 1. The molecule has 0 radical (unpaired) electrons. The van der Waals surface area contributed by atoms with Crippen LogP contribution in [0.4, 0.5) is 0 Å². The summed E-state index contributed by atoms with van der Waals surface area (Å²) in [5.74, 6) is -0.328. The van der Waals surface area contributed by atoms with E-state index in [4.69, 9.17) is 11.6 Å². The highest BCUT2D eigenvalue weighted by Crippen LogP contribution is 2.20. The normalized spacial score (nSPS) is 11.2. The van der Waals surface area contributed by atoms with Crippen LogP contribution in [-0.2, 0) is 6.54 Å². The highest BCUT2D eigenvalue weighted by Gasteiger charge is 2.08. The predicted molar refractivity (Wildman–Crippen MR) is 94.1 cm³/mol. The first-order chi connectivity index (χ1) is 11.2. The third-order valence-electron chi connectivity index (χ3n) is 3.65. The average molecular weight is 326 g/mol. The molecule has 5 heteroatoms. The Bertz CT molecular complexity index is 883. The molecule has 116 valence electrons. The van der Waals surface area contributed by atoms with Gasteiger partial charge in [0.15, 0.2) is 0 Å². The molecule has 2 aromatic carbocycles. The molecule has 3 aromatic rings. The van der Waals surface area contributed by atoms with E-state index in [2.05, 4.69) is 28.1 Å². The lowest BCUT2D eigenvalue weighted by atomic mass is 10.2. The number of aryl methyl sites for hydroxylation is 1. The summed E-state index contributed by atoms with van der Waals surface area (Å²) in [6, 6.07) is 15.0. The monoisotopic (exact) mass is 325 g/mol. The molecule has 1 heterocycles. The number of hydrogen-bond acceptors (Lipinski definition) is 2. The first kappa shape index (κ1) is 15.3. The van der Waals surface area contributed by atoms with E-state index >= 15 is 0 Å². The van der Waals surface area contributed by atoms with Crippen LogP contribution >= 0.6 is 11.6 Å². The van der Waals surface area contributed by atoms with Crippen molar-refractivity contribution in [3.63, 3.8) is 0 Å². The number of rotatable bonds is 4. The maximum Gasteiger partial charge on any atom is 0.272 e. The number of nitrogens with zero attached hydrogens (tertiary/aromatic N) is 2. The highest BCUT2D eigenvalue weighted by atomic mass is 35.5. The lowest BCUT2D eigenvalue weighted by molar-refractivity contribution is 0.0955. The molecule has 0 bridgehead atoms. The summed E-state index contributed by atoms with van der Waals surface area (Å²) in [6.07, 6.45) is 3.68. The Morgan fingerprint density at radius 1 is 1.22 bits per heavy atom. The number of halogens is 1. The van der Waals surface area contributed by atoms with E-state index in [0.29, 0.717) is 10.6 Å². The van der Waals surface area contributed by atoms with Crippen LogP contribution < -0.4 is 5.43 Å². The van der Waals surface area contributed by atoms with E-state index in [9.17, 15) is 4.79 Å². The number of para-hydroxylation sites is 1. The van der Waals surface area contributed by atoms with Gasteiger partial charge >= 0.3 is 0 Å². The van der Waals surface area contributed by atoms with Crippen molar-refractivity contribution >= 4 is 34.6 Å². The molecule has 0 saturated heterocycles. The van der Waals surface area contributed by atoms with Crippen molar-refractivity contribution in [3.8, 4) is 0 Å². The second-order valence-electron chi connectivity index (χ2n) is 5.07. The standard InChI is InChI=1S/C18H16ClN3O/c1-2-22-12-13(14-7-4-6-10-17(14)22)11-20-21-18(23)15-8-3-5-9-16(15)19/h3-12H,2H2,1H3,(H,21,23)/b20-11+. The molecular weight excluding hydrogens is 310 g/mol. The topological polar surface area (TPSA) is 46.4 Å². The van der Waals surface area contributed by atoms with E-state index < -0.39 is 0 Å². The maximum atomic E-state index is 12.1. The maximum absolute atomic E-state index is 12.1. The van der Waals surface area contributed by atoms with Gasteiger partial charge < -0.3 is 4.57 Å². The molecule has 0 aliphatic rings. The number of hydrazone groups is 1. The minimum Gasteiger partial charge on any atom is -0.347 e. The molecule has 0 aliphatic heterocycles. The first-order valence-electron chi connectivity index (χ1n) is 7.36. The van der Waals surface area contributed by atoms with Crippen LogP contribution in [0.3, 0.4) is 0 Å². The van der Waals surface area contributed by atoms with Gasteiger partial charge in [0.05, 0.1) is 16.8 Å². The quantitative estimate of drug-likeness (QED) is 0.570. The fourth-order valence-electron chi connectivity index (χ4n) is 2.51. The van der Waals surface area contributed by atoms with Gasteiger partial charge in [0.1, 0.15) is 0 Å². The van der Waals surface area contributed by atoms with Crippen molar-refractivity contribution in [3.05, 3.63) is 70.9 Å². The SMILES string of the molecule is CCn1cc(/C=N/NC(=O)c2ccccc2Cl)c2ccccc21. The van der Waals surface area contributed by atoms with Gasteiger partial charge in [0, 0.05) is 29.2 Å². The molecule has 0 atom stereocenters. The summed E-state index contributed by atoms with van der Waals surface area (Å²) in [5.41, 5.74) is 5.03. The Hall–Kier alpha value is -2.59. The average Bonchev–Trinajstić information content (AvgIpc) is 2.93. The molecule has 1 N–H and O–H groups in total. The van der Waals surface area contributed by atoms with Gasteiger partial charge in [-0.1, -0.05) is 41.9 Å². The number of amides is 1. The number of nitrogens with one attached hydrogen (secondary N) is 1. The molecule has 0 fully saturated rings. The zero-order valence-electron chi connectivity index (χ0n) is 12.7. The third-order valence-corrected chi connectivity index (χ3v) is 3.98. The fraction of sp³-hybridized carbons (Fsp3) is 0.111. The van der Waals surface area contributed by atoms with Crippen molar-refractivity contribution in [2.75, 3.05) is 0 Å². The number of fused-ring (bicyclic) bond motifs is 1. The van der Waals surface area contributed by atoms with Gasteiger partial charge in [-0.05, 0) is 25.1 Å². The van der Waals surface area contributed by atoms with Gasteiger partial charge in [-0.15, -0.1) is 0 Å². The largest absolute Gasteiger partial charge is 0.347 e. The second-order valence-corrected chi connectivity index (χ2v) is 5.47. The van der Waals surface area contributed by atoms with Crippen molar-refractivity contribution < 1.29 is 4.79 Å². The van der Waals surface area contributed by atoms with Gasteiger partial charge in [0.25, 0.3) is 5.91 Å².